The van der Waals surface area contributed by atoms with E-state index in [2.05, 4.69) is 0 Å². The SMILES string of the molecule is O=C(OCP(=O)(COC(=O)Oc1ccccc1)c1ccco1)Oc1ccccc1. The van der Waals surface area contributed by atoms with Crippen molar-refractivity contribution < 1.29 is 37.5 Å². The van der Waals surface area contributed by atoms with Crippen molar-refractivity contribution in [1.29, 1.82) is 0 Å². The van der Waals surface area contributed by atoms with Gasteiger partial charge >= 0.3 is 12.3 Å². The maximum Gasteiger partial charge on any atom is 0.514 e. The van der Waals surface area contributed by atoms with Crippen LogP contribution in [0.15, 0.2) is 83.5 Å². The molecule has 8 nitrogen and oxygen atoms in total. The van der Waals surface area contributed by atoms with Crippen LogP contribution in [0.2, 0.25) is 0 Å². The summed E-state index contributed by atoms with van der Waals surface area (Å²) < 4.78 is 38.3. The van der Waals surface area contributed by atoms with Crippen LogP contribution in [0.5, 0.6) is 11.5 Å². The standard InChI is InChI=1S/C20H17O8P/c21-19(27-16-8-3-1-4-9-16)25-14-29(23,18-12-7-13-24-18)15-26-20(22)28-17-10-5-2-6-11-17/h1-13H,14-15H2. The van der Waals surface area contributed by atoms with Gasteiger partial charge in [-0.05, 0) is 36.4 Å². The average molecular weight is 416 g/mol. The lowest BCUT2D eigenvalue weighted by Gasteiger charge is -2.16. The number of carbonyl (C=O) groups is 2. The van der Waals surface area contributed by atoms with Gasteiger partial charge in [-0.25, -0.2) is 9.59 Å². The van der Waals surface area contributed by atoms with Gasteiger partial charge in [0, 0.05) is 0 Å². The highest BCUT2D eigenvalue weighted by molar-refractivity contribution is 7.70. The Balaban J connectivity index is 1.59. The fraction of sp³-hybridized carbons (Fsp3) is 0.100. The number of furan rings is 1. The predicted molar refractivity (Wildman–Crippen MR) is 103 cm³/mol. The van der Waals surface area contributed by atoms with E-state index < -0.39 is 32.1 Å². The number of carbonyl (C=O) groups excluding carboxylic acids is 2. The van der Waals surface area contributed by atoms with Crippen LogP contribution in [-0.2, 0) is 14.0 Å². The lowest BCUT2D eigenvalue weighted by molar-refractivity contribution is 0.108. The molecule has 0 spiro atoms. The van der Waals surface area contributed by atoms with Crippen molar-refractivity contribution >= 4 is 25.0 Å². The average Bonchev–Trinajstić information content (AvgIpc) is 3.28. The van der Waals surface area contributed by atoms with Gasteiger partial charge < -0.3 is 27.9 Å². The van der Waals surface area contributed by atoms with Gasteiger partial charge in [0.15, 0.2) is 18.2 Å². The van der Waals surface area contributed by atoms with E-state index in [9.17, 15) is 14.2 Å². The van der Waals surface area contributed by atoms with Crippen LogP contribution in [0.3, 0.4) is 0 Å². The highest BCUT2D eigenvalue weighted by Gasteiger charge is 2.32. The first-order valence-corrected chi connectivity index (χ1v) is 10.5. The molecular weight excluding hydrogens is 399 g/mol. The predicted octanol–water partition coefficient (Wildman–Crippen LogP) is 4.61. The molecule has 0 saturated heterocycles. The third kappa shape index (κ3) is 5.99. The molecule has 0 saturated carbocycles. The number of benzene rings is 2. The third-order valence-corrected chi connectivity index (χ3v) is 5.73. The molecule has 29 heavy (non-hydrogen) atoms. The summed E-state index contributed by atoms with van der Waals surface area (Å²) in [6.07, 6.45) is -1.94. The van der Waals surface area contributed by atoms with Crippen molar-refractivity contribution in [2.45, 2.75) is 0 Å². The van der Waals surface area contributed by atoms with Crippen LogP contribution in [-0.4, -0.2) is 25.0 Å². The zero-order valence-electron chi connectivity index (χ0n) is 15.1. The molecule has 2 aromatic carbocycles. The topological polar surface area (TPSA) is 101 Å². The molecule has 9 heteroatoms. The van der Waals surface area contributed by atoms with E-state index in [1.54, 1.807) is 60.7 Å². The molecule has 0 unspecified atom stereocenters. The van der Waals surface area contributed by atoms with Gasteiger partial charge in [-0.2, -0.15) is 0 Å². The molecule has 0 atom stereocenters. The first-order chi connectivity index (χ1) is 14.0. The van der Waals surface area contributed by atoms with E-state index in [4.69, 9.17) is 23.4 Å². The van der Waals surface area contributed by atoms with Crippen LogP contribution >= 0.6 is 7.14 Å². The van der Waals surface area contributed by atoms with E-state index in [-0.39, 0.29) is 17.0 Å². The molecule has 150 valence electrons. The van der Waals surface area contributed by atoms with E-state index in [1.165, 1.54) is 18.4 Å². The van der Waals surface area contributed by atoms with Gasteiger partial charge in [0.2, 0.25) is 7.14 Å². The molecule has 0 aliphatic rings. The molecule has 1 heterocycles. The van der Waals surface area contributed by atoms with Crippen molar-refractivity contribution in [3.05, 3.63) is 79.1 Å². The highest BCUT2D eigenvalue weighted by Crippen LogP contribution is 2.44. The molecular formula is C20H17O8P. The molecule has 0 aliphatic carbocycles. The molecule has 0 fully saturated rings. The van der Waals surface area contributed by atoms with Gasteiger partial charge in [-0.1, -0.05) is 36.4 Å². The summed E-state index contributed by atoms with van der Waals surface area (Å²) in [4.78, 5) is 23.8. The van der Waals surface area contributed by atoms with E-state index in [0.29, 0.717) is 0 Å². The monoisotopic (exact) mass is 416 g/mol. The summed E-state index contributed by atoms with van der Waals surface area (Å²) >= 11 is 0. The number of hydrogen-bond acceptors (Lipinski definition) is 8. The molecule has 3 aromatic rings. The smallest absolute Gasteiger partial charge is 0.461 e. The fourth-order valence-electron chi connectivity index (χ4n) is 2.21. The second-order valence-electron chi connectivity index (χ2n) is 5.72. The number of para-hydroxylation sites is 2. The molecule has 0 aliphatic heterocycles. The van der Waals surface area contributed by atoms with Crippen LogP contribution in [0.25, 0.3) is 0 Å². The van der Waals surface area contributed by atoms with Crippen LogP contribution in [0.1, 0.15) is 0 Å². The lowest BCUT2D eigenvalue weighted by atomic mass is 10.3. The molecule has 0 bridgehead atoms. The summed E-state index contributed by atoms with van der Waals surface area (Å²) in [5, 5.41) is 0. The minimum atomic E-state index is -3.55. The molecule has 1 aromatic heterocycles. The maximum atomic E-state index is 13.2. The van der Waals surface area contributed by atoms with Crippen molar-refractivity contribution in [2.75, 3.05) is 12.7 Å². The Morgan fingerprint density at radius 2 is 1.21 bits per heavy atom. The first kappa shape index (κ1) is 20.2. The summed E-state index contributed by atoms with van der Waals surface area (Å²) in [5.41, 5.74) is 0.0394. The van der Waals surface area contributed by atoms with Gasteiger partial charge in [-0.3, -0.25) is 0 Å². The van der Waals surface area contributed by atoms with Crippen molar-refractivity contribution in [1.82, 2.24) is 0 Å². The van der Waals surface area contributed by atoms with Crippen LogP contribution in [0, 0.1) is 0 Å². The van der Waals surface area contributed by atoms with E-state index in [0.717, 1.165) is 0 Å². The number of rotatable bonds is 7. The summed E-state index contributed by atoms with van der Waals surface area (Å²) in [6, 6.07) is 19.5. The van der Waals surface area contributed by atoms with Crippen molar-refractivity contribution in [3.8, 4) is 11.5 Å². The second kappa shape index (κ2) is 9.61. The third-order valence-electron chi connectivity index (χ3n) is 3.58. The van der Waals surface area contributed by atoms with Crippen molar-refractivity contribution in [2.24, 2.45) is 0 Å². The number of ether oxygens (including phenoxy) is 4. The summed E-state index contributed by atoms with van der Waals surface area (Å²) in [6.45, 7) is 0. The van der Waals surface area contributed by atoms with Crippen LogP contribution < -0.4 is 15.0 Å². The largest absolute Gasteiger partial charge is 0.514 e. The Morgan fingerprint density at radius 1 is 0.724 bits per heavy atom. The molecule has 3 rings (SSSR count). The Bertz CT molecular complexity index is 909. The second-order valence-corrected chi connectivity index (χ2v) is 8.45. The molecule has 0 radical (unpaired) electrons. The Kier molecular flexibility index (Phi) is 6.71. The summed E-state index contributed by atoms with van der Waals surface area (Å²) in [7, 11) is -3.55. The quantitative estimate of drug-likeness (QED) is 0.313. The minimum Gasteiger partial charge on any atom is -0.461 e. The Labute approximate surface area is 166 Å². The number of hydrogen-bond donors (Lipinski definition) is 0. The Hall–Kier alpha value is -3.51. The zero-order valence-corrected chi connectivity index (χ0v) is 16.0. The minimum absolute atomic E-state index is 0.0394. The highest BCUT2D eigenvalue weighted by atomic mass is 31.2. The fourth-order valence-corrected chi connectivity index (χ4v) is 3.78. The maximum absolute atomic E-state index is 13.2. The summed E-state index contributed by atoms with van der Waals surface area (Å²) in [5.74, 6) is 0.543. The van der Waals surface area contributed by atoms with Gasteiger partial charge in [0.05, 0.1) is 6.26 Å². The Morgan fingerprint density at radius 3 is 1.62 bits per heavy atom. The van der Waals surface area contributed by atoms with Gasteiger partial charge in [-0.15, -0.1) is 0 Å². The van der Waals surface area contributed by atoms with E-state index >= 15 is 0 Å². The van der Waals surface area contributed by atoms with Crippen LogP contribution in [0.4, 0.5) is 9.59 Å². The van der Waals surface area contributed by atoms with Crippen molar-refractivity contribution in [3.63, 3.8) is 0 Å². The zero-order chi connectivity index (χ0) is 20.5. The van der Waals surface area contributed by atoms with E-state index in [1.807, 2.05) is 0 Å². The molecule has 0 amide bonds. The normalized spacial score (nSPS) is 10.8. The molecule has 0 N–H and O–H groups in total. The van der Waals surface area contributed by atoms with Gasteiger partial charge in [0.1, 0.15) is 11.5 Å². The van der Waals surface area contributed by atoms with Gasteiger partial charge in [0.25, 0.3) is 0 Å². The lowest BCUT2D eigenvalue weighted by Crippen LogP contribution is -2.20. The first-order valence-electron chi connectivity index (χ1n) is 8.47.